The largest absolute Gasteiger partial charge is 0.493 e. The maximum atomic E-state index is 12.0. The summed E-state index contributed by atoms with van der Waals surface area (Å²) in [4.78, 5) is 26.0. The molecule has 2 N–H and O–H groups in total. The highest BCUT2D eigenvalue weighted by molar-refractivity contribution is 5.93. The molecule has 116 valence electrons. The minimum Gasteiger partial charge on any atom is -0.493 e. The van der Waals surface area contributed by atoms with Gasteiger partial charge in [-0.05, 0) is 36.8 Å². The van der Waals surface area contributed by atoms with Gasteiger partial charge < -0.3 is 19.8 Å². The van der Waals surface area contributed by atoms with Crippen LogP contribution in [0.25, 0.3) is 0 Å². The number of ether oxygens (including phenoxy) is 2. The molecule has 0 aliphatic rings. The number of hydrogen-bond acceptors (Lipinski definition) is 4. The Labute approximate surface area is 128 Å². The molecule has 0 fully saturated rings. The predicted octanol–water partition coefficient (Wildman–Crippen LogP) is 1.71. The molecule has 22 heavy (non-hydrogen) atoms. The van der Waals surface area contributed by atoms with Crippen molar-refractivity contribution in [1.29, 1.82) is 0 Å². The molecule has 0 unspecified atom stereocenters. The van der Waals surface area contributed by atoms with Crippen molar-refractivity contribution in [3.05, 3.63) is 58.0 Å². The maximum Gasteiger partial charge on any atom is 0.260 e. The lowest BCUT2D eigenvalue weighted by molar-refractivity contribution is 0.0949. The fraction of sp³-hybridized carbons (Fsp3) is 0.250. The van der Waals surface area contributed by atoms with Crippen molar-refractivity contribution in [1.82, 2.24) is 10.3 Å². The van der Waals surface area contributed by atoms with E-state index in [2.05, 4.69) is 10.3 Å². The summed E-state index contributed by atoms with van der Waals surface area (Å²) in [6.07, 6.45) is 1.48. The van der Waals surface area contributed by atoms with Crippen LogP contribution in [0, 0.1) is 0 Å². The van der Waals surface area contributed by atoms with E-state index < -0.39 is 11.5 Å². The number of methoxy groups -OCH3 is 1. The standard InChI is InChI=1S/C16H18N2O4/c1-3-22-14-9-11(6-7-13(14)21-2)10-18-16(20)12-5-4-8-17-15(12)19/h4-9H,3,10H2,1-2H3,(H,17,19)(H,18,20). The summed E-state index contributed by atoms with van der Waals surface area (Å²) in [6.45, 7) is 2.69. The third-order valence-electron chi connectivity index (χ3n) is 3.04. The van der Waals surface area contributed by atoms with Gasteiger partial charge in [-0.3, -0.25) is 9.59 Å². The zero-order chi connectivity index (χ0) is 15.9. The number of aromatic amines is 1. The maximum absolute atomic E-state index is 12.0. The van der Waals surface area contributed by atoms with Crippen LogP contribution >= 0.6 is 0 Å². The number of H-pyrrole nitrogens is 1. The molecule has 0 aliphatic carbocycles. The lowest BCUT2D eigenvalue weighted by Crippen LogP contribution is -2.28. The number of carbonyl (C=O) groups is 1. The molecule has 6 heteroatoms. The number of benzene rings is 1. The van der Waals surface area contributed by atoms with Crippen molar-refractivity contribution in [2.75, 3.05) is 13.7 Å². The first-order valence-corrected chi connectivity index (χ1v) is 6.91. The molecule has 0 saturated heterocycles. The minimum absolute atomic E-state index is 0.0843. The van der Waals surface area contributed by atoms with E-state index in [1.165, 1.54) is 12.3 Å². The molecule has 0 saturated carbocycles. The molecule has 1 aromatic carbocycles. The zero-order valence-electron chi connectivity index (χ0n) is 12.5. The first-order valence-electron chi connectivity index (χ1n) is 6.91. The van der Waals surface area contributed by atoms with E-state index in [9.17, 15) is 9.59 Å². The number of carbonyl (C=O) groups excluding carboxylic acids is 1. The van der Waals surface area contributed by atoms with Gasteiger partial charge in [0.05, 0.1) is 13.7 Å². The highest BCUT2D eigenvalue weighted by Crippen LogP contribution is 2.27. The van der Waals surface area contributed by atoms with Gasteiger partial charge >= 0.3 is 0 Å². The molecule has 2 aromatic rings. The lowest BCUT2D eigenvalue weighted by Gasteiger charge is -2.11. The molecule has 1 heterocycles. The minimum atomic E-state index is -0.421. The van der Waals surface area contributed by atoms with Crippen molar-refractivity contribution in [3.63, 3.8) is 0 Å². The van der Waals surface area contributed by atoms with Crippen LogP contribution in [0.2, 0.25) is 0 Å². The second kappa shape index (κ2) is 7.31. The average Bonchev–Trinajstić information content (AvgIpc) is 2.53. The van der Waals surface area contributed by atoms with E-state index in [0.717, 1.165) is 5.56 Å². The van der Waals surface area contributed by atoms with E-state index in [1.54, 1.807) is 25.3 Å². The van der Waals surface area contributed by atoms with E-state index >= 15 is 0 Å². The fourth-order valence-corrected chi connectivity index (χ4v) is 1.98. The monoisotopic (exact) mass is 302 g/mol. The van der Waals surface area contributed by atoms with Gasteiger partial charge in [-0.1, -0.05) is 6.07 Å². The molecular formula is C16H18N2O4. The summed E-state index contributed by atoms with van der Waals surface area (Å²) in [5.41, 5.74) is 0.524. The molecule has 0 radical (unpaired) electrons. The van der Waals surface area contributed by atoms with Crippen LogP contribution in [-0.4, -0.2) is 24.6 Å². The van der Waals surface area contributed by atoms with Gasteiger partial charge in [0.2, 0.25) is 0 Å². The number of hydrogen-bond donors (Lipinski definition) is 2. The van der Waals surface area contributed by atoms with Gasteiger partial charge in [0.25, 0.3) is 11.5 Å². The van der Waals surface area contributed by atoms with Crippen LogP contribution in [0.5, 0.6) is 11.5 Å². The van der Waals surface area contributed by atoms with Crippen LogP contribution in [0.3, 0.4) is 0 Å². The molecule has 1 aromatic heterocycles. The Kier molecular flexibility index (Phi) is 5.19. The first-order chi connectivity index (χ1) is 10.7. The topological polar surface area (TPSA) is 80.4 Å². The second-order valence-corrected chi connectivity index (χ2v) is 4.51. The molecule has 0 atom stereocenters. The van der Waals surface area contributed by atoms with Crippen molar-refractivity contribution in [3.8, 4) is 11.5 Å². The summed E-state index contributed by atoms with van der Waals surface area (Å²) in [5.74, 6) is 0.835. The quantitative estimate of drug-likeness (QED) is 0.851. The van der Waals surface area contributed by atoms with Crippen LogP contribution in [0.4, 0.5) is 0 Å². The van der Waals surface area contributed by atoms with Gasteiger partial charge in [0.15, 0.2) is 11.5 Å². The van der Waals surface area contributed by atoms with Gasteiger partial charge in [-0.15, -0.1) is 0 Å². The summed E-state index contributed by atoms with van der Waals surface area (Å²) in [5, 5.41) is 2.71. The van der Waals surface area contributed by atoms with Crippen LogP contribution in [-0.2, 0) is 6.54 Å². The molecule has 1 amide bonds. The highest BCUT2D eigenvalue weighted by atomic mass is 16.5. The summed E-state index contributed by atoms with van der Waals surface area (Å²) >= 11 is 0. The highest BCUT2D eigenvalue weighted by Gasteiger charge is 2.10. The zero-order valence-corrected chi connectivity index (χ0v) is 12.5. The van der Waals surface area contributed by atoms with Crippen molar-refractivity contribution in [2.45, 2.75) is 13.5 Å². The fourth-order valence-electron chi connectivity index (χ4n) is 1.98. The Balaban J connectivity index is 2.08. The SMILES string of the molecule is CCOc1cc(CNC(=O)c2ccc[nH]c2=O)ccc1OC. The molecule has 6 nitrogen and oxygen atoms in total. The van der Waals surface area contributed by atoms with Gasteiger partial charge in [0, 0.05) is 12.7 Å². The number of pyridine rings is 1. The van der Waals surface area contributed by atoms with Crippen LogP contribution < -0.4 is 20.3 Å². The van der Waals surface area contributed by atoms with Gasteiger partial charge in [0.1, 0.15) is 5.56 Å². The normalized spacial score (nSPS) is 10.1. The first kappa shape index (κ1) is 15.6. The third-order valence-corrected chi connectivity index (χ3v) is 3.04. The second-order valence-electron chi connectivity index (χ2n) is 4.51. The van der Waals surface area contributed by atoms with Gasteiger partial charge in [-0.25, -0.2) is 0 Å². The summed E-state index contributed by atoms with van der Waals surface area (Å²) in [6, 6.07) is 8.50. The van der Waals surface area contributed by atoms with Crippen LogP contribution in [0.15, 0.2) is 41.3 Å². The number of aromatic nitrogens is 1. The Bertz CT molecular complexity index is 709. The van der Waals surface area contributed by atoms with E-state index in [4.69, 9.17) is 9.47 Å². The van der Waals surface area contributed by atoms with Crippen molar-refractivity contribution in [2.24, 2.45) is 0 Å². The Morgan fingerprint density at radius 2 is 2.09 bits per heavy atom. The summed E-state index contributed by atoms with van der Waals surface area (Å²) < 4.78 is 10.7. The van der Waals surface area contributed by atoms with Crippen LogP contribution in [0.1, 0.15) is 22.8 Å². The Morgan fingerprint density at radius 3 is 2.77 bits per heavy atom. The van der Waals surface area contributed by atoms with Crippen molar-refractivity contribution >= 4 is 5.91 Å². The van der Waals surface area contributed by atoms with Crippen molar-refractivity contribution < 1.29 is 14.3 Å². The smallest absolute Gasteiger partial charge is 0.260 e. The third kappa shape index (κ3) is 3.66. The Morgan fingerprint density at radius 1 is 1.27 bits per heavy atom. The average molecular weight is 302 g/mol. The molecular weight excluding hydrogens is 284 g/mol. The molecule has 0 spiro atoms. The predicted molar refractivity (Wildman–Crippen MR) is 82.4 cm³/mol. The molecule has 0 bridgehead atoms. The lowest BCUT2D eigenvalue weighted by atomic mass is 10.2. The van der Waals surface area contributed by atoms with E-state index in [-0.39, 0.29) is 12.1 Å². The van der Waals surface area contributed by atoms with Gasteiger partial charge in [-0.2, -0.15) is 0 Å². The molecule has 2 rings (SSSR count). The Hall–Kier alpha value is -2.76. The van der Waals surface area contributed by atoms with E-state index in [0.29, 0.717) is 18.1 Å². The molecule has 0 aliphatic heterocycles. The summed E-state index contributed by atoms with van der Waals surface area (Å²) in [7, 11) is 1.57. The number of nitrogens with one attached hydrogen (secondary N) is 2. The number of amides is 1. The van der Waals surface area contributed by atoms with E-state index in [1.807, 2.05) is 13.0 Å². The number of rotatable bonds is 6.